The second kappa shape index (κ2) is 7.50. The number of benzene rings is 2. The highest BCUT2D eigenvalue weighted by Gasteiger charge is 2.33. The molecule has 3 rings (SSSR count). The molecule has 0 spiro atoms. The predicted molar refractivity (Wildman–Crippen MR) is 96.6 cm³/mol. The summed E-state index contributed by atoms with van der Waals surface area (Å²) in [5.41, 5.74) is 8.19. The summed E-state index contributed by atoms with van der Waals surface area (Å²) in [7, 11) is 0. The van der Waals surface area contributed by atoms with Gasteiger partial charge >= 0.3 is 6.18 Å². The molecule has 2 atom stereocenters. The fourth-order valence-corrected chi connectivity index (χ4v) is 3.48. The van der Waals surface area contributed by atoms with Gasteiger partial charge in [0.1, 0.15) is 5.75 Å². The van der Waals surface area contributed by atoms with Crippen molar-refractivity contribution in [3.63, 3.8) is 0 Å². The number of alkyl halides is 3. The number of ether oxygens (including phenoxy) is 1. The smallest absolute Gasteiger partial charge is 0.422 e. The zero-order valence-electron chi connectivity index (χ0n) is 14.9. The van der Waals surface area contributed by atoms with Crippen LogP contribution in [0.15, 0.2) is 48.5 Å². The van der Waals surface area contributed by atoms with Crippen LogP contribution < -0.4 is 15.4 Å². The number of halogens is 3. The van der Waals surface area contributed by atoms with Crippen molar-refractivity contribution in [2.75, 3.05) is 11.5 Å². The van der Waals surface area contributed by atoms with Crippen molar-refractivity contribution in [2.45, 2.75) is 38.0 Å². The summed E-state index contributed by atoms with van der Waals surface area (Å²) in [4.78, 5) is 14.0. The molecule has 1 heterocycles. The molecule has 0 saturated carbocycles. The van der Waals surface area contributed by atoms with E-state index < -0.39 is 12.8 Å². The van der Waals surface area contributed by atoms with Gasteiger partial charge in [0.05, 0.1) is 5.92 Å². The van der Waals surface area contributed by atoms with Crippen molar-refractivity contribution in [1.82, 2.24) is 0 Å². The molecule has 1 amide bonds. The van der Waals surface area contributed by atoms with Crippen LogP contribution >= 0.6 is 0 Å². The van der Waals surface area contributed by atoms with Gasteiger partial charge in [-0.15, -0.1) is 0 Å². The molecule has 0 saturated heterocycles. The first-order valence-electron chi connectivity index (χ1n) is 8.68. The van der Waals surface area contributed by atoms with E-state index in [1.165, 1.54) is 6.07 Å². The largest absolute Gasteiger partial charge is 0.484 e. The van der Waals surface area contributed by atoms with Crippen molar-refractivity contribution >= 4 is 11.6 Å². The Morgan fingerprint density at radius 2 is 1.96 bits per heavy atom. The number of anilines is 1. The molecular formula is C20H21F3N2O2. The molecule has 2 N–H and O–H groups in total. The van der Waals surface area contributed by atoms with E-state index in [9.17, 15) is 18.0 Å². The van der Waals surface area contributed by atoms with Crippen molar-refractivity contribution in [3.05, 3.63) is 59.7 Å². The molecule has 144 valence electrons. The molecule has 0 fully saturated rings. The van der Waals surface area contributed by atoms with Gasteiger partial charge in [0, 0.05) is 18.3 Å². The Bertz CT molecular complexity index is 823. The number of amides is 1. The molecule has 2 aromatic rings. The Labute approximate surface area is 155 Å². The lowest BCUT2D eigenvalue weighted by atomic mass is 9.85. The minimum Gasteiger partial charge on any atom is -0.484 e. The number of carbonyl (C=O) groups excluding carboxylic acids is 1. The van der Waals surface area contributed by atoms with E-state index in [4.69, 9.17) is 10.5 Å². The normalized spacial score (nSPS) is 19.5. The Balaban J connectivity index is 1.83. The fourth-order valence-electron chi connectivity index (χ4n) is 3.48. The van der Waals surface area contributed by atoms with E-state index in [0.29, 0.717) is 13.0 Å². The van der Waals surface area contributed by atoms with E-state index in [1.54, 1.807) is 12.1 Å². The number of primary amides is 1. The Hall–Kier alpha value is -2.70. The molecule has 1 aliphatic heterocycles. The number of hydrogen-bond donors (Lipinski definition) is 1. The van der Waals surface area contributed by atoms with Gasteiger partial charge in [0.2, 0.25) is 5.91 Å². The number of fused-ring (bicyclic) bond motifs is 1. The molecule has 7 heteroatoms. The van der Waals surface area contributed by atoms with Crippen LogP contribution in [0.5, 0.6) is 5.75 Å². The maximum absolute atomic E-state index is 12.4. The van der Waals surface area contributed by atoms with Crippen LogP contribution in [0.2, 0.25) is 0 Å². The first kappa shape index (κ1) is 19.1. The summed E-state index contributed by atoms with van der Waals surface area (Å²) in [6.07, 6.45) is -3.78. The number of carbonyl (C=O) groups is 1. The average molecular weight is 378 g/mol. The Morgan fingerprint density at radius 3 is 2.67 bits per heavy atom. The quantitative estimate of drug-likeness (QED) is 0.856. The molecular weight excluding hydrogens is 357 g/mol. The van der Waals surface area contributed by atoms with Crippen LogP contribution in [-0.2, 0) is 11.3 Å². The summed E-state index contributed by atoms with van der Waals surface area (Å²) in [5, 5.41) is 0. The van der Waals surface area contributed by atoms with E-state index >= 15 is 0 Å². The highest BCUT2D eigenvalue weighted by atomic mass is 19.4. The number of hydrogen-bond acceptors (Lipinski definition) is 3. The number of rotatable bonds is 5. The second-order valence-electron chi connectivity index (χ2n) is 6.78. The first-order chi connectivity index (χ1) is 12.7. The lowest BCUT2D eigenvalue weighted by molar-refractivity contribution is -0.153. The van der Waals surface area contributed by atoms with Gasteiger partial charge in [-0.3, -0.25) is 4.79 Å². The lowest BCUT2D eigenvalue weighted by Crippen LogP contribution is -2.41. The van der Waals surface area contributed by atoms with E-state index in [1.807, 2.05) is 37.3 Å². The summed E-state index contributed by atoms with van der Waals surface area (Å²) >= 11 is 0. The molecule has 0 radical (unpaired) electrons. The van der Waals surface area contributed by atoms with Crippen LogP contribution in [0.3, 0.4) is 0 Å². The van der Waals surface area contributed by atoms with E-state index in [0.717, 1.165) is 16.8 Å². The predicted octanol–water partition coefficient (Wildman–Crippen LogP) is 4.00. The number of nitrogens with zero attached hydrogens (tertiary/aromatic N) is 1. The standard InChI is InChI=1S/C20H21F3N2O2/c1-13-9-17(19(24)26)16-7-2-3-8-18(16)25(13)11-14-5-4-6-15(10-14)27-12-20(21,22)23/h2-8,10,13,17H,9,11-12H2,1H3,(H2,24,26)/t13-,17+/m0/s1. The van der Waals surface area contributed by atoms with E-state index in [-0.39, 0.29) is 23.6 Å². The number of para-hydroxylation sites is 1. The van der Waals surface area contributed by atoms with Crippen LogP contribution in [0.4, 0.5) is 18.9 Å². The van der Waals surface area contributed by atoms with E-state index in [2.05, 4.69) is 4.90 Å². The third-order valence-electron chi connectivity index (χ3n) is 4.73. The highest BCUT2D eigenvalue weighted by Crippen LogP contribution is 2.39. The van der Waals surface area contributed by atoms with Crippen LogP contribution in [-0.4, -0.2) is 24.7 Å². The maximum Gasteiger partial charge on any atom is 0.422 e. The summed E-state index contributed by atoms with van der Waals surface area (Å²) in [6, 6.07) is 14.3. The highest BCUT2D eigenvalue weighted by molar-refractivity contribution is 5.85. The fraction of sp³-hybridized carbons (Fsp3) is 0.350. The van der Waals surface area contributed by atoms with Crippen molar-refractivity contribution in [3.8, 4) is 5.75 Å². The molecule has 27 heavy (non-hydrogen) atoms. The van der Waals surface area contributed by atoms with Crippen molar-refractivity contribution in [1.29, 1.82) is 0 Å². The SMILES string of the molecule is C[C@H]1C[C@@H](C(N)=O)c2ccccc2N1Cc1cccc(OCC(F)(F)F)c1. The van der Waals surface area contributed by atoms with Gasteiger partial charge in [-0.05, 0) is 42.7 Å². The van der Waals surface area contributed by atoms with Crippen LogP contribution in [0, 0.1) is 0 Å². The Kier molecular flexibility index (Phi) is 5.30. The second-order valence-corrected chi connectivity index (χ2v) is 6.78. The first-order valence-corrected chi connectivity index (χ1v) is 8.68. The van der Waals surface area contributed by atoms with Crippen LogP contribution in [0.25, 0.3) is 0 Å². The third-order valence-corrected chi connectivity index (χ3v) is 4.73. The summed E-state index contributed by atoms with van der Waals surface area (Å²) in [6.45, 7) is 1.18. The zero-order chi connectivity index (χ0) is 19.6. The van der Waals surface area contributed by atoms with Crippen molar-refractivity contribution < 1.29 is 22.7 Å². The summed E-state index contributed by atoms with van der Waals surface area (Å²) in [5.74, 6) is -0.511. The third kappa shape index (κ3) is 4.53. The molecule has 2 aromatic carbocycles. The minimum absolute atomic E-state index is 0.0529. The van der Waals surface area contributed by atoms with Gasteiger partial charge in [-0.2, -0.15) is 13.2 Å². The van der Waals surface area contributed by atoms with Crippen molar-refractivity contribution in [2.24, 2.45) is 5.73 Å². The van der Waals surface area contributed by atoms with Gasteiger partial charge in [0.25, 0.3) is 0 Å². The van der Waals surface area contributed by atoms with Gasteiger partial charge < -0.3 is 15.4 Å². The summed E-state index contributed by atoms with van der Waals surface area (Å²) < 4.78 is 41.9. The van der Waals surface area contributed by atoms with Crippen LogP contribution in [0.1, 0.15) is 30.4 Å². The molecule has 0 aliphatic carbocycles. The van der Waals surface area contributed by atoms with Gasteiger partial charge in [-0.25, -0.2) is 0 Å². The molecule has 0 unspecified atom stereocenters. The molecule has 1 aliphatic rings. The van der Waals surface area contributed by atoms with Gasteiger partial charge in [-0.1, -0.05) is 30.3 Å². The Morgan fingerprint density at radius 1 is 1.22 bits per heavy atom. The zero-order valence-corrected chi connectivity index (χ0v) is 14.9. The molecule has 4 nitrogen and oxygen atoms in total. The molecule has 0 bridgehead atoms. The topological polar surface area (TPSA) is 55.6 Å². The lowest BCUT2D eigenvalue weighted by Gasteiger charge is -2.40. The average Bonchev–Trinajstić information content (AvgIpc) is 2.62. The number of nitrogens with two attached hydrogens (primary N) is 1. The monoisotopic (exact) mass is 378 g/mol. The molecule has 0 aromatic heterocycles. The van der Waals surface area contributed by atoms with Gasteiger partial charge in [0.15, 0.2) is 6.61 Å². The minimum atomic E-state index is -4.37. The maximum atomic E-state index is 12.4.